The molecule has 0 spiro atoms. The number of carbonyl (C=O) groups is 2. The molecule has 0 fully saturated rings. The Hall–Kier alpha value is -3.86. The van der Waals surface area contributed by atoms with Gasteiger partial charge in [0.1, 0.15) is 23.0 Å². The van der Waals surface area contributed by atoms with Gasteiger partial charge in [0.25, 0.3) is 5.91 Å². The highest BCUT2D eigenvalue weighted by Gasteiger charge is 2.33. The summed E-state index contributed by atoms with van der Waals surface area (Å²) < 4.78 is 58.9. The fourth-order valence-electron chi connectivity index (χ4n) is 2.52. The van der Waals surface area contributed by atoms with Crippen LogP contribution in [-0.4, -0.2) is 25.7 Å². The van der Waals surface area contributed by atoms with Gasteiger partial charge in [0.2, 0.25) is 0 Å². The first-order chi connectivity index (χ1) is 16.0. The summed E-state index contributed by atoms with van der Waals surface area (Å²) in [6.45, 7) is 4.92. The minimum Gasteiger partial charge on any atom is -0.458 e. The van der Waals surface area contributed by atoms with E-state index in [0.717, 1.165) is 12.1 Å². The normalized spacial score (nSPS) is 12.1. The van der Waals surface area contributed by atoms with Crippen LogP contribution < -0.4 is 20.7 Å². The van der Waals surface area contributed by atoms with Crippen LogP contribution in [0, 0.1) is 5.82 Å². The monoisotopic (exact) mass is 498 g/mol. The molecule has 34 heavy (non-hydrogen) atoms. The van der Waals surface area contributed by atoms with Gasteiger partial charge in [0.15, 0.2) is 0 Å². The van der Waals surface area contributed by atoms with Gasteiger partial charge in [-0.25, -0.2) is 9.18 Å². The standard InChI is InChI=1S/C22H19ClF4N4O3/c1-4-13(11-19(28-2)20(32)29-3)34-14-6-8-18(17(24)10-14)31-21(33)30-12-5-7-16(23)15(9-12)22(25,26)27/h4-11H,2H2,1,3H3,(H,29,32)(H2,30,31,33). The van der Waals surface area contributed by atoms with Crippen molar-refractivity contribution in [3.8, 4) is 5.75 Å². The molecule has 0 aliphatic rings. The summed E-state index contributed by atoms with van der Waals surface area (Å²) in [7, 11) is 1.41. The van der Waals surface area contributed by atoms with Crippen molar-refractivity contribution in [1.82, 2.24) is 5.32 Å². The molecule has 0 radical (unpaired) electrons. The summed E-state index contributed by atoms with van der Waals surface area (Å²) in [6.07, 6.45) is -1.91. The number of halogens is 5. The summed E-state index contributed by atoms with van der Waals surface area (Å²) in [6, 6.07) is 5.33. The topological polar surface area (TPSA) is 91.8 Å². The smallest absolute Gasteiger partial charge is 0.417 e. The highest BCUT2D eigenvalue weighted by molar-refractivity contribution is 6.31. The molecule has 0 saturated carbocycles. The second-order valence-corrected chi connectivity index (χ2v) is 6.88. The van der Waals surface area contributed by atoms with Gasteiger partial charge in [-0.05, 0) is 50.0 Å². The Labute approximate surface area is 197 Å². The quantitative estimate of drug-likeness (QED) is 0.149. The van der Waals surface area contributed by atoms with E-state index in [9.17, 15) is 27.2 Å². The molecule has 2 aromatic carbocycles. The van der Waals surface area contributed by atoms with E-state index in [4.69, 9.17) is 16.3 Å². The van der Waals surface area contributed by atoms with Crippen LogP contribution in [0.25, 0.3) is 0 Å². The number of urea groups is 1. The van der Waals surface area contributed by atoms with E-state index in [1.807, 2.05) is 0 Å². The van der Waals surface area contributed by atoms with Gasteiger partial charge in [0, 0.05) is 24.9 Å². The maximum absolute atomic E-state index is 14.5. The van der Waals surface area contributed by atoms with Crippen molar-refractivity contribution in [2.24, 2.45) is 4.99 Å². The molecular formula is C22H19ClF4N4O3. The third kappa shape index (κ3) is 7.07. The number of allylic oxidation sites excluding steroid dienone is 2. The van der Waals surface area contributed by atoms with E-state index in [1.54, 1.807) is 6.92 Å². The zero-order chi connectivity index (χ0) is 25.5. The van der Waals surface area contributed by atoms with Gasteiger partial charge < -0.3 is 20.7 Å². The lowest BCUT2D eigenvalue weighted by atomic mass is 10.2. The molecule has 0 bridgehead atoms. The fraction of sp³-hybridized carbons (Fsp3) is 0.136. The van der Waals surface area contributed by atoms with Crippen LogP contribution in [0.5, 0.6) is 5.75 Å². The first-order valence-corrected chi connectivity index (χ1v) is 9.85. The van der Waals surface area contributed by atoms with E-state index < -0.39 is 34.5 Å². The van der Waals surface area contributed by atoms with Crippen LogP contribution in [0.1, 0.15) is 12.5 Å². The molecule has 0 heterocycles. The summed E-state index contributed by atoms with van der Waals surface area (Å²) in [5, 5.41) is 6.23. The molecule has 2 rings (SSSR count). The first kappa shape index (κ1) is 26.4. The van der Waals surface area contributed by atoms with Gasteiger partial charge in [-0.1, -0.05) is 11.6 Å². The maximum atomic E-state index is 14.5. The lowest BCUT2D eigenvalue weighted by Crippen LogP contribution is -2.20. The zero-order valence-corrected chi connectivity index (χ0v) is 18.6. The Morgan fingerprint density at radius 2 is 1.85 bits per heavy atom. The van der Waals surface area contributed by atoms with Crippen LogP contribution in [-0.2, 0) is 11.0 Å². The largest absolute Gasteiger partial charge is 0.458 e. The van der Waals surface area contributed by atoms with E-state index in [-0.39, 0.29) is 28.6 Å². The number of likely N-dealkylation sites (N-methyl/N-ethyl adjacent to an activating group) is 1. The van der Waals surface area contributed by atoms with E-state index in [1.165, 1.54) is 37.4 Å². The highest BCUT2D eigenvalue weighted by Crippen LogP contribution is 2.36. The summed E-state index contributed by atoms with van der Waals surface area (Å²) in [5.74, 6) is -1.17. The van der Waals surface area contributed by atoms with Crippen molar-refractivity contribution >= 4 is 41.6 Å². The molecule has 0 aliphatic carbocycles. The number of amides is 3. The SMILES string of the molecule is C=NC(=CC(=CC)Oc1ccc(NC(=O)Nc2ccc(Cl)c(C(F)(F)F)c2)c(F)c1)C(=O)NC. The molecule has 0 saturated heterocycles. The van der Waals surface area contributed by atoms with Crippen molar-refractivity contribution in [3.63, 3.8) is 0 Å². The fourth-order valence-corrected chi connectivity index (χ4v) is 2.74. The van der Waals surface area contributed by atoms with Gasteiger partial charge in [-0.2, -0.15) is 13.2 Å². The summed E-state index contributed by atoms with van der Waals surface area (Å²) in [4.78, 5) is 27.4. The number of alkyl halides is 3. The summed E-state index contributed by atoms with van der Waals surface area (Å²) >= 11 is 5.54. The molecular weight excluding hydrogens is 480 g/mol. The third-order valence-electron chi connectivity index (χ3n) is 4.15. The lowest BCUT2D eigenvalue weighted by molar-refractivity contribution is -0.137. The number of benzene rings is 2. The average molecular weight is 499 g/mol. The van der Waals surface area contributed by atoms with Crippen LogP contribution in [0.4, 0.5) is 33.7 Å². The van der Waals surface area contributed by atoms with Crippen molar-refractivity contribution in [1.29, 1.82) is 0 Å². The van der Waals surface area contributed by atoms with Gasteiger partial charge in [-0.15, -0.1) is 0 Å². The third-order valence-corrected chi connectivity index (χ3v) is 4.48. The van der Waals surface area contributed by atoms with Gasteiger partial charge in [0.05, 0.1) is 16.3 Å². The van der Waals surface area contributed by atoms with E-state index in [2.05, 4.69) is 27.7 Å². The number of nitrogens with one attached hydrogen (secondary N) is 3. The minimum absolute atomic E-state index is 0.0260. The molecule has 7 nitrogen and oxygen atoms in total. The molecule has 12 heteroatoms. The van der Waals surface area contributed by atoms with E-state index >= 15 is 0 Å². The van der Waals surface area contributed by atoms with Crippen LogP contribution in [0.15, 0.2) is 65.0 Å². The van der Waals surface area contributed by atoms with Gasteiger partial charge in [-0.3, -0.25) is 9.79 Å². The zero-order valence-electron chi connectivity index (χ0n) is 17.9. The van der Waals surface area contributed by atoms with Crippen molar-refractivity contribution in [2.75, 3.05) is 17.7 Å². The predicted octanol–water partition coefficient (Wildman–Crippen LogP) is 5.76. The second-order valence-electron chi connectivity index (χ2n) is 6.47. The highest BCUT2D eigenvalue weighted by atomic mass is 35.5. The molecule has 0 unspecified atom stereocenters. The number of rotatable bonds is 7. The van der Waals surface area contributed by atoms with Gasteiger partial charge >= 0.3 is 12.2 Å². The van der Waals surface area contributed by atoms with Crippen LogP contribution >= 0.6 is 11.6 Å². The lowest BCUT2D eigenvalue weighted by Gasteiger charge is -2.13. The number of carbonyl (C=O) groups excluding carboxylic acids is 2. The number of ether oxygens (including phenoxy) is 1. The molecule has 0 aliphatic heterocycles. The number of anilines is 2. The molecule has 3 N–H and O–H groups in total. The Kier molecular flexibility index (Phi) is 8.79. The number of nitrogens with zero attached hydrogens (tertiary/aromatic N) is 1. The Balaban J connectivity index is 2.12. The van der Waals surface area contributed by atoms with Crippen LogP contribution in [0.2, 0.25) is 5.02 Å². The van der Waals surface area contributed by atoms with Crippen molar-refractivity contribution in [2.45, 2.75) is 13.1 Å². The molecule has 180 valence electrons. The number of aliphatic imine (C=N–C) groups is 1. The molecule has 3 amide bonds. The molecule has 0 aromatic heterocycles. The predicted molar refractivity (Wildman–Crippen MR) is 122 cm³/mol. The summed E-state index contributed by atoms with van der Waals surface area (Å²) in [5.41, 5.74) is -1.60. The number of hydrogen-bond acceptors (Lipinski definition) is 4. The molecule has 2 aromatic rings. The molecule has 0 atom stereocenters. The maximum Gasteiger partial charge on any atom is 0.417 e. The van der Waals surface area contributed by atoms with Crippen molar-refractivity contribution in [3.05, 3.63) is 76.4 Å². The average Bonchev–Trinajstić information content (AvgIpc) is 2.78. The Morgan fingerprint density at radius 1 is 1.15 bits per heavy atom. The Bertz CT molecular complexity index is 1160. The second kappa shape index (κ2) is 11.3. The van der Waals surface area contributed by atoms with Crippen LogP contribution in [0.3, 0.4) is 0 Å². The first-order valence-electron chi connectivity index (χ1n) is 9.47. The van der Waals surface area contributed by atoms with E-state index in [0.29, 0.717) is 6.07 Å². The van der Waals surface area contributed by atoms with Crippen molar-refractivity contribution < 1.29 is 31.9 Å². The number of hydrogen-bond donors (Lipinski definition) is 3. The Morgan fingerprint density at radius 3 is 2.41 bits per heavy atom. The minimum atomic E-state index is -4.71.